The minimum atomic E-state index is 0.0368. The van der Waals surface area contributed by atoms with Crippen molar-refractivity contribution in [2.45, 2.75) is 13.3 Å². The average molecular weight is 228 g/mol. The van der Waals surface area contributed by atoms with Crippen molar-refractivity contribution in [3.8, 4) is 5.75 Å². The van der Waals surface area contributed by atoms with E-state index < -0.39 is 0 Å². The van der Waals surface area contributed by atoms with Gasteiger partial charge in [0.15, 0.2) is 0 Å². The number of rotatable bonds is 5. The summed E-state index contributed by atoms with van der Waals surface area (Å²) in [4.78, 5) is 10.9. The van der Waals surface area contributed by atoms with Gasteiger partial charge in [0, 0.05) is 11.4 Å². The summed E-state index contributed by atoms with van der Waals surface area (Å²) >= 11 is 5.72. The predicted octanol–water partition coefficient (Wildman–Crippen LogP) is 2.25. The van der Waals surface area contributed by atoms with E-state index in [0.717, 1.165) is 5.75 Å². The monoisotopic (exact) mass is 227 g/mol. The number of carbonyl (C=O) groups is 1. The summed E-state index contributed by atoms with van der Waals surface area (Å²) in [7, 11) is 0. The number of hydrogen-bond donors (Lipinski definition) is 1. The van der Waals surface area contributed by atoms with Crippen molar-refractivity contribution in [1.82, 2.24) is 5.32 Å². The Morgan fingerprint density at radius 1 is 1.40 bits per heavy atom. The number of nitrogens with one attached hydrogen (secondary N) is 1. The molecule has 0 saturated carbocycles. The third kappa shape index (κ3) is 4.70. The highest BCUT2D eigenvalue weighted by Gasteiger charge is 1.96. The van der Waals surface area contributed by atoms with Crippen LogP contribution in [0.25, 0.3) is 0 Å². The molecule has 1 N–H and O–H groups in total. The lowest BCUT2D eigenvalue weighted by atomic mass is 10.3. The van der Waals surface area contributed by atoms with Gasteiger partial charge in [-0.2, -0.15) is 0 Å². The third-order valence-electron chi connectivity index (χ3n) is 1.83. The SMILES string of the molecule is CCC(=O)NCCOc1ccc(Cl)cc1. The summed E-state index contributed by atoms with van der Waals surface area (Å²) < 4.78 is 5.38. The number of hydrogen-bond acceptors (Lipinski definition) is 2. The molecular formula is C11H14ClNO2. The van der Waals surface area contributed by atoms with Crippen LogP contribution in [0.4, 0.5) is 0 Å². The van der Waals surface area contributed by atoms with E-state index >= 15 is 0 Å². The molecule has 0 bridgehead atoms. The normalized spacial score (nSPS) is 9.73. The highest BCUT2D eigenvalue weighted by molar-refractivity contribution is 6.30. The molecule has 1 aromatic carbocycles. The summed E-state index contributed by atoms with van der Waals surface area (Å²) in [5.41, 5.74) is 0. The first kappa shape index (κ1) is 11.9. The molecule has 1 aromatic rings. The summed E-state index contributed by atoms with van der Waals surface area (Å²) in [6.45, 7) is 2.80. The Morgan fingerprint density at radius 2 is 2.07 bits per heavy atom. The van der Waals surface area contributed by atoms with Crippen LogP contribution in [0.2, 0.25) is 5.02 Å². The van der Waals surface area contributed by atoms with Gasteiger partial charge in [0.05, 0.1) is 6.54 Å². The van der Waals surface area contributed by atoms with Crippen LogP contribution in [0.1, 0.15) is 13.3 Å². The Labute approximate surface area is 94.4 Å². The van der Waals surface area contributed by atoms with Gasteiger partial charge in [0.2, 0.25) is 5.91 Å². The van der Waals surface area contributed by atoms with Gasteiger partial charge in [-0.15, -0.1) is 0 Å². The van der Waals surface area contributed by atoms with Gasteiger partial charge < -0.3 is 10.1 Å². The molecule has 15 heavy (non-hydrogen) atoms. The highest BCUT2D eigenvalue weighted by atomic mass is 35.5. The van der Waals surface area contributed by atoms with Crippen LogP contribution in [-0.2, 0) is 4.79 Å². The van der Waals surface area contributed by atoms with Crippen LogP contribution in [0.3, 0.4) is 0 Å². The number of benzene rings is 1. The second-order valence-corrected chi connectivity index (χ2v) is 3.44. The average Bonchev–Trinajstić information content (AvgIpc) is 2.26. The Bertz CT molecular complexity index is 311. The van der Waals surface area contributed by atoms with Gasteiger partial charge in [0.25, 0.3) is 0 Å². The molecule has 0 spiro atoms. The van der Waals surface area contributed by atoms with Crippen LogP contribution < -0.4 is 10.1 Å². The molecule has 0 saturated heterocycles. The molecule has 1 amide bonds. The van der Waals surface area contributed by atoms with Crippen LogP contribution in [0.15, 0.2) is 24.3 Å². The van der Waals surface area contributed by atoms with Crippen molar-refractivity contribution in [2.75, 3.05) is 13.2 Å². The second kappa shape index (κ2) is 6.30. The van der Waals surface area contributed by atoms with Gasteiger partial charge in [-0.3, -0.25) is 4.79 Å². The molecule has 0 atom stereocenters. The number of ether oxygens (including phenoxy) is 1. The Morgan fingerprint density at radius 3 is 2.67 bits per heavy atom. The fraction of sp³-hybridized carbons (Fsp3) is 0.364. The molecule has 4 heteroatoms. The van der Waals surface area contributed by atoms with E-state index in [9.17, 15) is 4.79 Å². The summed E-state index contributed by atoms with van der Waals surface area (Å²) in [5.74, 6) is 0.792. The fourth-order valence-corrected chi connectivity index (χ4v) is 1.14. The first-order valence-electron chi connectivity index (χ1n) is 4.87. The topological polar surface area (TPSA) is 38.3 Å². The van der Waals surface area contributed by atoms with Gasteiger partial charge in [-0.25, -0.2) is 0 Å². The summed E-state index contributed by atoms with van der Waals surface area (Å²) in [5, 5.41) is 3.41. The van der Waals surface area contributed by atoms with E-state index in [4.69, 9.17) is 16.3 Å². The lowest BCUT2D eigenvalue weighted by Gasteiger charge is -2.06. The molecule has 0 aliphatic heterocycles. The maximum Gasteiger partial charge on any atom is 0.219 e. The first-order chi connectivity index (χ1) is 7.22. The zero-order chi connectivity index (χ0) is 11.1. The minimum Gasteiger partial charge on any atom is -0.492 e. The van der Waals surface area contributed by atoms with Crippen molar-refractivity contribution in [1.29, 1.82) is 0 Å². The lowest BCUT2D eigenvalue weighted by molar-refractivity contribution is -0.120. The smallest absolute Gasteiger partial charge is 0.219 e. The quantitative estimate of drug-likeness (QED) is 0.784. The zero-order valence-electron chi connectivity index (χ0n) is 8.63. The molecule has 0 unspecified atom stereocenters. The number of halogens is 1. The fourth-order valence-electron chi connectivity index (χ4n) is 1.02. The Hall–Kier alpha value is -1.22. The molecule has 0 aromatic heterocycles. The van der Waals surface area contributed by atoms with Crippen LogP contribution in [-0.4, -0.2) is 19.1 Å². The summed E-state index contributed by atoms with van der Waals surface area (Å²) in [6.07, 6.45) is 0.501. The van der Waals surface area contributed by atoms with Crippen LogP contribution in [0, 0.1) is 0 Å². The largest absolute Gasteiger partial charge is 0.492 e. The molecule has 3 nitrogen and oxygen atoms in total. The number of amides is 1. The van der Waals surface area contributed by atoms with Crippen molar-refractivity contribution >= 4 is 17.5 Å². The van der Waals surface area contributed by atoms with E-state index in [2.05, 4.69) is 5.32 Å². The van der Waals surface area contributed by atoms with Gasteiger partial charge in [-0.05, 0) is 24.3 Å². The van der Waals surface area contributed by atoms with Gasteiger partial charge in [0.1, 0.15) is 12.4 Å². The molecule has 1 rings (SSSR count). The van der Waals surface area contributed by atoms with E-state index in [1.54, 1.807) is 24.3 Å². The van der Waals surface area contributed by atoms with Crippen molar-refractivity contribution in [2.24, 2.45) is 0 Å². The molecule has 0 radical (unpaired) electrons. The zero-order valence-corrected chi connectivity index (χ0v) is 9.38. The molecule has 82 valence electrons. The van der Waals surface area contributed by atoms with Crippen molar-refractivity contribution in [3.05, 3.63) is 29.3 Å². The second-order valence-electron chi connectivity index (χ2n) is 3.01. The van der Waals surface area contributed by atoms with Gasteiger partial charge >= 0.3 is 0 Å². The first-order valence-corrected chi connectivity index (χ1v) is 5.25. The van der Waals surface area contributed by atoms with Crippen LogP contribution in [0.5, 0.6) is 5.75 Å². The third-order valence-corrected chi connectivity index (χ3v) is 2.08. The van der Waals surface area contributed by atoms with Crippen molar-refractivity contribution < 1.29 is 9.53 Å². The number of carbonyl (C=O) groups excluding carboxylic acids is 1. The molecule has 0 heterocycles. The highest BCUT2D eigenvalue weighted by Crippen LogP contribution is 2.14. The van der Waals surface area contributed by atoms with Crippen LogP contribution >= 0.6 is 11.6 Å². The molecule has 0 aliphatic carbocycles. The van der Waals surface area contributed by atoms with Gasteiger partial charge in [-0.1, -0.05) is 18.5 Å². The predicted molar refractivity (Wildman–Crippen MR) is 60.2 cm³/mol. The molecular weight excluding hydrogens is 214 g/mol. The minimum absolute atomic E-state index is 0.0368. The standard InChI is InChI=1S/C11H14ClNO2/c1-2-11(14)13-7-8-15-10-5-3-9(12)4-6-10/h3-6H,2,7-8H2,1H3,(H,13,14). The Kier molecular flexibility index (Phi) is 4.98. The lowest BCUT2D eigenvalue weighted by Crippen LogP contribution is -2.27. The molecule has 0 fully saturated rings. The van der Waals surface area contributed by atoms with Crippen molar-refractivity contribution in [3.63, 3.8) is 0 Å². The maximum absolute atomic E-state index is 10.9. The maximum atomic E-state index is 10.9. The van der Waals surface area contributed by atoms with E-state index in [0.29, 0.717) is 24.6 Å². The summed E-state index contributed by atoms with van der Waals surface area (Å²) in [6, 6.07) is 7.12. The van der Waals surface area contributed by atoms with E-state index in [1.807, 2.05) is 6.92 Å². The van der Waals surface area contributed by atoms with E-state index in [1.165, 1.54) is 0 Å². The Balaban J connectivity index is 2.20. The molecule has 0 aliphatic rings. The van der Waals surface area contributed by atoms with E-state index in [-0.39, 0.29) is 5.91 Å².